The first-order chi connectivity index (χ1) is 13.8. The zero-order chi connectivity index (χ0) is 18.9. The van der Waals surface area contributed by atoms with Gasteiger partial charge in [0.25, 0.3) is 0 Å². The van der Waals surface area contributed by atoms with Gasteiger partial charge < -0.3 is 9.80 Å². The Morgan fingerprint density at radius 1 is 0.750 bits per heavy atom. The third-order valence-electron chi connectivity index (χ3n) is 5.97. The number of halogens is 1. The van der Waals surface area contributed by atoms with Crippen LogP contribution in [0.1, 0.15) is 5.56 Å². The molecule has 1 aliphatic heterocycles. The van der Waals surface area contributed by atoms with Crippen LogP contribution in [-0.2, 0) is 6.54 Å². The lowest BCUT2D eigenvalue weighted by molar-refractivity contribution is -0.914. The maximum absolute atomic E-state index is 6.04. The lowest BCUT2D eigenvalue weighted by Crippen LogP contribution is -3.13. The van der Waals surface area contributed by atoms with Crippen molar-refractivity contribution in [1.29, 1.82) is 0 Å². The average molecular weight is 388 g/mol. The molecule has 0 unspecified atom stereocenters. The highest BCUT2D eigenvalue weighted by atomic mass is 35.5. The van der Waals surface area contributed by atoms with Gasteiger partial charge in [-0.25, -0.2) is 0 Å². The van der Waals surface area contributed by atoms with Gasteiger partial charge in [0.05, 0.1) is 26.2 Å². The molecule has 28 heavy (non-hydrogen) atoms. The fourth-order valence-electron chi connectivity index (χ4n) is 4.46. The monoisotopic (exact) mass is 387 g/mol. The molecule has 4 aromatic carbocycles. The number of quaternary nitrogens is 1. The minimum Gasteiger partial charge on any atom is -0.360 e. The molecule has 1 aliphatic rings. The zero-order valence-corrected chi connectivity index (χ0v) is 16.6. The smallest absolute Gasteiger partial charge is 0.104 e. The summed E-state index contributed by atoms with van der Waals surface area (Å²) >= 11 is 6.04. The molecule has 1 N–H and O–H groups in total. The molecule has 140 valence electrons. The van der Waals surface area contributed by atoms with Gasteiger partial charge in [-0.2, -0.15) is 0 Å². The van der Waals surface area contributed by atoms with E-state index in [0.717, 1.165) is 37.7 Å². The van der Waals surface area contributed by atoms with Gasteiger partial charge >= 0.3 is 0 Å². The lowest BCUT2D eigenvalue weighted by Gasteiger charge is -2.34. The fraction of sp³-hybridized carbons (Fsp3) is 0.200. The Labute approximate surface area is 170 Å². The minimum atomic E-state index is 0.802. The number of fused-ring (bicyclic) bond motifs is 2. The molecule has 1 heterocycles. The Hall–Kier alpha value is -2.55. The number of nitrogens with zero attached hydrogens (tertiary/aromatic N) is 1. The van der Waals surface area contributed by atoms with Crippen molar-refractivity contribution in [3.8, 4) is 0 Å². The number of benzene rings is 4. The van der Waals surface area contributed by atoms with Gasteiger partial charge in [-0.15, -0.1) is 0 Å². The summed E-state index contributed by atoms with van der Waals surface area (Å²) in [4.78, 5) is 4.13. The van der Waals surface area contributed by atoms with E-state index in [1.165, 1.54) is 32.8 Å². The van der Waals surface area contributed by atoms with Gasteiger partial charge in [0.1, 0.15) is 6.54 Å². The van der Waals surface area contributed by atoms with E-state index >= 15 is 0 Å². The van der Waals surface area contributed by atoms with Crippen LogP contribution in [0.15, 0.2) is 78.9 Å². The maximum atomic E-state index is 6.04. The van der Waals surface area contributed by atoms with Gasteiger partial charge in [0.2, 0.25) is 0 Å². The van der Waals surface area contributed by atoms with Crippen LogP contribution in [0, 0.1) is 0 Å². The number of rotatable bonds is 3. The SMILES string of the molecule is Clc1ccc(N2CC[NH+](Cc3c4ccccc4cc4ccccc34)CC2)cc1. The molecule has 0 aromatic heterocycles. The van der Waals surface area contributed by atoms with E-state index in [0.29, 0.717) is 0 Å². The van der Waals surface area contributed by atoms with Crippen molar-refractivity contribution < 1.29 is 4.90 Å². The van der Waals surface area contributed by atoms with Crippen molar-refractivity contribution >= 4 is 38.8 Å². The molecular formula is C25H24ClN2+. The van der Waals surface area contributed by atoms with Crippen LogP contribution in [0.5, 0.6) is 0 Å². The van der Waals surface area contributed by atoms with Crippen LogP contribution in [0.3, 0.4) is 0 Å². The van der Waals surface area contributed by atoms with Crippen molar-refractivity contribution in [2.24, 2.45) is 0 Å². The molecule has 0 bridgehead atoms. The topological polar surface area (TPSA) is 7.68 Å². The Bertz CT molecular complexity index is 1060. The molecule has 1 saturated heterocycles. The van der Waals surface area contributed by atoms with Crippen LogP contribution in [-0.4, -0.2) is 26.2 Å². The molecule has 0 amide bonds. The predicted octanol–water partition coefficient (Wildman–Crippen LogP) is 4.55. The van der Waals surface area contributed by atoms with E-state index in [-0.39, 0.29) is 0 Å². The van der Waals surface area contributed by atoms with Gasteiger partial charge in [-0.1, -0.05) is 60.1 Å². The minimum absolute atomic E-state index is 0.802. The second kappa shape index (κ2) is 7.46. The average Bonchev–Trinajstić information content (AvgIpc) is 2.75. The molecule has 0 aliphatic carbocycles. The zero-order valence-electron chi connectivity index (χ0n) is 15.9. The van der Waals surface area contributed by atoms with Crippen molar-refractivity contribution in [3.05, 3.63) is 89.4 Å². The summed E-state index contributed by atoms with van der Waals surface area (Å²) in [5.74, 6) is 0. The maximum Gasteiger partial charge on any atom is 0.104 e. The van der Waals surface area contributed by atoms with Crippen molar-refractivity contribution in [3.63, 3.8) is 0 Å². The van der Waals surface area contributed by atoms with E-state index in [2.05, 4.69) is 71.6 Å². The summed E-state index contributed by atoms with van der Waals surface area (Å²) in [6, 6.07) is 28.2. The van der Waals surface area contributed by atoms with Crippen molar-refractivity contribution in [2.75, 3.05) is 31.1 Å². The highest BCUT2D eigenvalue weighted by molar-refractivity contribution is 6.30. The van der Waals surface area contributed by atoms with Gasteiger partial charge in [0, 0.05) is 16.3 Å². The summed E-state index contributed by atoms with van der Waals surface area (Å²) in [6.45, 7) is 5.55. The summed E-state index contributed by atoms with van der Waals surface area (Å²) in [6.07, 6.45) is 0. The molecule has 1 fully saturated rings. The summed E-state index contributed by atoms with van der Waals surface area (Å²) in [7, 11) is 0. The highest BCUT2D eigenvalue weighted by Crippen LogP contribution is 2.28. The number of piperazine rings is 1. The first-order valence-corrected chi connectivity index (χ1v) is 10.4. The molecule has 3 heteroatoms. The second-order valence-corrected chi connectivity index (χ2v) is 8.12. The molecule has 0 atom stereocenters. The standard InChI is InChI=1S/C25H23ClN2/c26-21-9-11-22(12-10-21)28-15-13-27(14-16-28)18-25-23-7-3-1-5-19(23)17-20-6-2-4-8-24(20)25/h1-12,17H,13-16,18H2/p+1. The Morgan fingerprint density at radius 3 is 1.93 bits per heavy atom. The molecular weight excluding hydrogens is 364 g/mol. The normalized spacial score (nSPS) is 15.4. The third kappa shape index (κ3) is 3.34. The first kappa shape index (κ1) is 17.5. The fourth-order valence-corrected chi connectivity index (χ4v) is 4.58. The first-order valence-electron chi connectivity index (χ1n) is 10.0. The van der Waals surface area contributed by atoms with E-state index in [4.69, 9.17) is 11.6 Å². The highest BCUT2D eigenvalue weighted by Gasteiger charge is 2.22. The molecule has 0 saturated carbocycles. The Morgan fingerprint density at radius 2 is 1.32 bits per heavy atom. The van der Waals surface area contributed by atoms with Crippen molar-refractivity contribution in [2.45, 2.75) is 6.54 Å². The van der Waals surface area contributed by atoms with Crippen LogP contribution in [0.4, 0.5) is 5.69 Å². The van der Waals surface area contributed by atoms with Gasteiger partial charge in [-0.05, 0) is 51.9 Å². The molecule has 2 nitrogen and oxygen atoms in total. The summed E-state index contributed by atoms with van der Waals surface area (Å²) in [5.41, 5.74) is 2.77. The molecule has 4 aromatic rings. The lowest BCUT2D eigenvalue weighted by atomic mass is 9.96. The van der Waals surface area contributed by atoms with Crippen LogP contribution < -0.4 is 9.80 Å². The third-order valence-corrected chi connectivity index (χ3v) is 6.22. The van der Waals surface area contributed by atoms with Gasteiger partial charge in [0.15, 0.2) is 0 Å². The number of hydrogen-bond donors (Lipinski definition) is 1. The second-order valence-electron chi connectivity index (χ2n) is 7.69. The Balaban J connectivity index is 1.40. The van der Waals surface area contributed by atoms with Gasteiger partial charge in [-0.3, -0.25) is 0 Å². The van der Waals surface area contributed by atoms with Crippen LogP contribution in [0.2, 0.25) is 5.02 Å². The van der Waals surface area contributed by atoms with E-state index in [1.54, 1.807) is 4.90 Å². The summed E-state index contributed by atoms with van der Waals surface area (Å²) in [5, 5.41) is 6.28. The number of nitrogens with one attached hydrogen (secondary N) is 1. The predicted molar refractivity (Wildman–Crippen MR) is 120 cm³/mol. The number of hydrogen-bond acceptors (Lipinski definition) is 1. The van der Waals surface area contributed by atoms with E-state index < -0.39 is 0 Å². The molecule has 0 radical (unpaired) electrons. The van der Waals surface area contributed by atoms with E-state index in [9.17, 15) is 0 Å². The number of anilines is 1. The Kier molecular flexibility index (Phi) is 4.67. The largest absolute Gasteiger partial charge is 0.360 e. The van der Waals surface area contributed by atoms with E-state index in [1.807, 2.05) is 12.1 Å². The molecule has 5 rings (SSSR count). The van der Waals surface area contributed by atoms with Crippen molar-refractivity contribution in [1.82, 2.24) is 0 Å². The quantitative estimate of drug-likeness (QED) is 0.507. The van der Waals surface area contributed by atoms with Crippen LogP contribution >= 0.6 is 11.6 Å². The summed E-state index contributed by atoms with van der Waals surface area (Å²) < 4.78 is 0. The van der Waals surface area contributed by atoms with Crippen LogP contribution in [0.25, 0.3) is 21.5 Å². The molecule has 0 spiro atoms.